The van der Waals surface area contributed by atoms with Crippen LogP contribution >= 0.6 is 0 Å². The number of aryl methyl sites for hydroxylation is 2. The molecule has 0 saturated heterocycles. The molecule has 0 unspecified atom stereocenters. The van der Waals surface area contributed by atoms with Gasteiger partial charge in [-0.05, 0) is 60.8 Å². The van der Waals surface area contributed by atoms with Crippen LogP contribution in [0.4, 0.5) is 0 Å². The molecule has 0 spiro atoms. The Morgan fingerprint density at radius 3 is 1.31 bits per heavy atom. The standard InChI is InChI=1S/C33H52O2/c1-25(2)15-11-7-9-13-17-27-19-21-31(34)29(23-27)33(5,6)30-24-28(20-22-32(30)35)18-14-10-8-12-16-26(3)4/h19-26,34-35H,7-18H2,1-6H3. The average Bonchev–Trinajstić information content (AvgIpc) is 2.79. The summed E-state index contributed by atoms with van der Waals surface area (Å²) in [6, 6.07) is 12.1. The van der Waals surface area contributed by atoms with Gasteiger partial charge in [0.25, 0.3) is 0 Å². The maximum Gasteiger partial charge on any atom is 0.119 e. The summed E-state index contributed by atoms with van der Waals surface area (Å²) in [6.07, 6.45) is 14.8. The topological polar surface area (TPSA) is 40.5 Å². The Balaban J connectivity index is 2.03. The number of hydrogen-bond donors (Lipinski definition) is 2. The van der Waals surface area contributed by atoms with Crippen LogP contribution in [0.15, 0.2) is 36.4 Å². The molecule has 0 aromatic heterocycles. The SMILES string of the molecule is CC(C)CCCCCCc1ccc(O)c(C(C)(C)c2cc(CCCCCCC(C)C)ccc2O)c1. The molecular formula is C33H52O2. The summed E-state index contributed by atoms with van der Waals surface area (Å²) in [6.45, 7) is 13.4. The first-order valence-electron chi connectivity index (χ1n) is 14.3. The molecule has 2 N–H and O–H groups in total. The molecule has 0 radical (unpaired) electrons. The monoisotopic (exact) mass is 480 g/mol. The van der Waals surface area contributed by atoms with Crippen molar-refractivity contribution >= 4 is 0 Å². The zero-order valence-corrected chi connectivity index (χ0v) is 23.5. The van der Waals surface area contributed by atoms with E-state index in [9.17, 15) is 10.2 Å². The summed E-state index contributed by atoms with van der Waals surface area (Å²) in [7, 11) is 0. The third-order valence-electron chi connectivity index (χ3n) is 7.46. The van der Waals surface area contributed by atoms with E-state index in [-0.39, 0.29) is 0 Å². The van der Waals surface area contributed by atoms with Gasteiger partial charge in [-0.25, -0.2) is 0 Å². The van der Waals surface area contributed by atoms with Gasteiger partial charge >= 0.3 is 0 Å². The molecule has 196 valence electrons. The van der Waals surface area contributed by atoms with E-state index < -0.39 is 5.41 Å². The fourth-order valence-electron chi connectivity index (χ4n) is 5.09. The Morgan fingerprint density at radius 2 is 0.943 bits per heavy atom. The molecule has 2 aromatic carbocycles. The second-order valence-corrected chi connectivity index (χ2v) is 12.0. The highest BCUT2D eigenvalue weighted by molar-refractivity contribution is 5.52. The second-order valence-electron chi connectivity index (χ2n) is 12.0. The summed E-state index contributed by atoms with van der Waals surface area (Å²) in [5.74, 6) is 2.21. The lowest BCUT2D eigenvalue weighted by Gasteiger charge is -2.29. The van der Waals surface area contributed by atoms with Crippen LogP contribution in [-0.4, -0.2) is 10.2 Å². The normalized spacial score (nSPS) is 12.1. The molecule has 2 heteroatoms. The number of rotatable bonds is 16. The molecule has 0 atom stereocenters. The smallest absolute Gasteiger partial charge is 0.119 e. The number of phenolic OH excluding ortho intramolecular Hbond substituents is 2. The van der Waals surface area contributed by atoms with Gasteiger partial charge in [0.2, 0.25) is 0 Å². The minimum absolute atomic E-state index is 0.311. The largest absolute Gasteiger partial charge is 0.508 e. The summed E-state index contributed by atoms with van der Waals surface area (Å²) < 4.78 is 0. The van der Waals surface area contributed by atoms with E-state index in [1.54, 1.807) is 0 Å². The van der Waals surface area contributed by atoms with Crippen molar-refractivity contribution in [2.75, 3.05) is 0 Å². The lowest BCUT2D eigenvalue weighted by atomic mass is 9.76. The molecule has 0 aliphatic carbocycles. The number of unbranched alkanes of at least 4 members (excludes halogenated alkanes) is 6. The highest BCUT2D eigenvalue weighted by Crippen LogP contribution is 2.41. The number of phenols is 2. The minimum atomic E-state index is -0.477. The van der Waals surface area contributed by atoms with Crippen molar-refractivity contribution in [2.45, 2.75) is 124 Å². The molecule has 0 aliphatic rings. The summed E-state index contributed by atoms with van der Waals surface area (Å²) in [5, 5.41) is 21.5. The zero-order chi connectivity index (χ0) is 25.8. The van der Waals surface area contributed by atoms with Gasteiger partial charge in [-0.3, -0.25) is 0 Å². The van der Waals surface area contributed by atoms with Crippen molar-refractivity contribution in [3.8, 4) is 11.5 Å². The van der Waals surface area contributed by atoms with Crippen LogP contribution in [0.1, 0.15) is 128 Å². The van der Waals surface area contributed by atoms with Crippen LogP contribution in [0, 0.1) is 11.8 Å². The summed E-state index contributed by atoms with van der Waals surface area (Å²) >= 11 is 0. The van der Waals surface area contributed by atoms with E-state index in [0.717, 1.165) is 35.8 Å². The molecule has 0 bridgehead atoms. The molecule has 0 heterocycles. The van der Waals surface area contributed by atoms with Crippen LogP contribution in [0.25, 0.3) is 0 Å². The molecule has 2 rings (SSSR count). The van der Waals surface area contributed by atoms with Crippen LogP contribution < -0.4 is 0 Å². The highest BCUT2D eigenvalue weighted by Gasteiger charge is 2.29. The predicted octanol–water partition coefficient (Wildman–Crippen LogP) is 9.72. The van der Waals surface area contributed by atoms with Crippen molar-refractivity contribution in [1.29, 1.82) is 0 Å². The molecule has 2 nitrogen and oxygen atoms in total. The van der Waals surface area contributed by atoms with E-state index in [1.807, 2.05) is 12.1 Å². The molecule has 2 aromatic rings. The Labute approximate surface area is 216 Å². The van der Waals surface area contributed by atoms with Gasteiger partial charge in [0.05, 0.1) is 0 Å². The summed E-state index contributed by atoms with van der Waals surface area (Å²) in [4.78, 5) is 0. The zero-order valence-electron chi connectivity index (χ0n) is 23.5. The maximum absolute atomic E-state index is 10.8. The van der Waals surface area contributed by atoms with Gasteiger partial charge in [-0.1, -0.05) is 117 Å². The highest BCUT2D eigenvalue weighted by atomic mass is 16.3. The number of aromatic hydroxyl groups is 2. The van der Waals surface area contributed by atoms with Gasteiger partial charge in [-0.15, -0.1) is 0 Å². The van der Waals surface area contributed by atoms with E-state index in [4.69, 9.17) is 0 Å². The third-order valence-corrected chi connectivity index (χ3v) is 7.46. The molecule has 0 amide bonds. The Hall–Kier alpha value is -1.96. The van der Waals surface area contributed by atoms with Gasteiger partial charge in [0, 0.05) is 16.5 Å². The first kappa shape index (κ1) is 29.3. The molecule has 0 saturated carbocycles. The maximum atomic E-state index is 10.8. The van der Waals surface area contributed by atoms with Crippen LogP contribution in [-0.2, 0) is 18.3 Å². The fourth-order valence-corrected chi connectivity index (χ4v) is 5.09. The van der Waals surface area contributed by atoms with Gasteiger partial charge in [-0.2, -0.15) is 0 Å². The van der Waals surface area contributed by atoms with Crippen LogP contribution in [0.3, 0.4) is 0 Å². The Bertz CT molecular complexity index is 807. The molecule has 0 fully saturated rings. The number of hydrogen-bond acceptors (Lipinski definition) is 2. The van der Waals surface area contributed by atoms with Crippen molar-refractivity contribution in [3.63, 3.8) is 0 Å². The molecule has 0 aliphatic heterocycles. The molecule has 35 heavy (non-hydrogen) atoms. The van der Waals surface area contributed by atoms with Gasteiger partial charge < -0.3 is 10.2 Å². The second kappa shape index (κ2) is 14.6. The van der Waals surface area contributed by atoms with Gasteiger partial charge in [0.15, 0.2) is 0 Å². The summed E-state index contributed by atoms with van der Waals surface area (Å²) in [5.41, 5.74) is 3.86. The fraction of sp³-hybridized carbons (Fsp3) is 0.636. The van der Waals surface area contributed by atoms with Crippen molar-refractivity contribution in [1.82, 2.24) is 0 Å². The lowest BCUT2D eigenvalue weighted by molar-refractivity contribution is 0.435. The van der Waals surface area contributed by atoms with E-state index in [1.165, 1.54) is 75.3 Å². The first-order chi connectivity index (χ1) is 16.6. The van der Waals surface area contributed by atoms with Crippen molar-refractivity contribution < 1.29 is 10.2 Å². The van der Waals surface area contributed by atoms with Crippen molar-refractivity contribution in [3.05, 3.63) is 58.7 Å². The lowest BCUT2D eigenvalue weighted by Crippen LogP contribution is -2.20. The average molecular weight is 481 g/mol. The van der Waals surface area contributed by atoms with Gasteiger partial charge in [0.1, 0.15) is 11.5 Å². The van der Waals surface area contributed by atoms with Crippen LogP contribution in [0.2, 0.25) is 0 Å². The Morgan fingerprint density at radius 1 is 0.571 bits per heavy atom. The number of benzene rings is 2. The predicted molar refractivity (Wildman–Crippen MR) is 152 cm³/mol. The van der Waals surface area contributed by atoms with Crippen LogP contribution in [0.5, 0.6) is 11.5 Å². The Kier molecular flexibility index (Phi) is 12.2. The van der Waals surface area contributed by atoms with E-state index in [0.29, 0.717) is 11.5 Å². The molecular weight excluding hydrogens is 428 g/mol. The minimum Gasteiger partial charge on any atom is -0.508 e. The van der Waals surface area contributed by atoms with E-state index in [2.05, 4.69) is 65.8 Å². The quantitative estimate of drug-likeness (QED) is 0.235. The first-order valence-corrected chi connectivity index (χ1v) is 14.3. The third kappa shape index (κ3) is 9.90. The van der Waals surface area contributed by atoms with Crippen molar-refractivity contribution in [2.24, 2.45) is 11.8 Å². The van der Waals surface area contributed by atoms with E-state index >= 15 is 0 Å².